The Balaban J connectivity index is 1.80. The van der Waals surface area contributed by atoms with E-state index in [0.29, 0.717) is 12.2 Å². The molecule has 1 fully saturated rings. The Morgan fingerprint density at radius 2 is 2.42 bits per heavy atom. The predicted octanol–water partition coefficient (Wildman–Crippen LogP) is 3.44. The van der Waals surface area contributed by atoms with Crippen LogP contribution in [0, 0.1) is 6.92 Å². The van der Waals surface area contributed by atoms with Crippen LogP contribution in [-0.4, -0.2) is 23.6 Å². The Morgan fingerprint density at radius 1 is 1.58 bits per heavy atom. The Labute approximate surface area is 122 Å². The molecule has 0 saturated carbocycles. The zero-order valence-corrected chi connectivity index (χ0v) is 12.7. The molecular weight excluding hydrogens is 308 g/mol. The molecule has 1 saturated heterocycles. The summed E-state index contributed by atoms with van der Waals surface area (Å²) in [5.74, 6) is 0.643. The Morgan fingerprint density at radius 3 is 3.11 bits per heavy atom. The number of amides is 1. The number of anilines is 1. The van der Waals surface area contributed by atoms with Crippen molar-refractivity contribution in [3.63, 3.8) is 0 Å². The van der Waals surface area contributed by atoms with Gasteiger partial charge in [-0.1, -0.05) is 0 Å². The summed E-state index contributed by atoms with van der Waals surface area (Å²) in [6.45, 7) is 2.76. The molecule has 1 aromatic heterocycles. The first-order chi connectivity index (χ1) is 9.15. The van der Waals surface area contributed by atoms with Gasteiger partial charge in [-0.05, 0) is 60.2 Å². The Kier molecular flexibility index (Phi) is 5.34. The molecule has 1 atom stereocenters. The van der Waals surface area contributed by atoms with Crippen molar-refractivity contribution in [3.05, 3.63) is 22.3 Å². The number of carbonyl (C=O) groups excluding carboxylic acids is 1. The Hall–Kier alpha value is -0.940. The number of hydrogen-bond donors (Lipinski definition) is 1. The molecule has 104 valence electrons. The molecule has 1 aliphatic rings. The summed E-state index contributed by atoms with van der Waals surface area (Å²) < 4.78 is 6.53. The molecular formula is C14H19BrN2O2. The monoisotopic (exact) mass is 326 g/mol. The summed E-state index contributed by atoms with van der Waals surface area (Å²) in [4.78, 5) is 16.1. The van der Waals surface area contributed by atoms with E-state index < -0.39 is 0 Å². The van der Waals surface area contributed by atoms with Crippen molar-refractivity contribution in [2.75, 3.05) is 11.9 Å². The highest BCUT2D eigenvalue weighted by molar-refractivity contribution is 9.10. The van der Waals surface area contributed by atoms with E-state index in [4.69, 9.17) is 4.74 Å². The average molecular weight is 327 g/mol. The number of ether oxygens (including phenoxy) is 1. The van der Waals surface area contributed by atoms with Gasteiger partial charge in [-0.3, -0.25) is 4.79 Å². The second-order valence-electron chi connectivity index (χ2n) is 4.89. The third kappa shape index (κ3) is 4.58. The number of aryl methyl sites for hydroxylation is 1. The van der Waals surface area contributed by atoms with Gasteiger partial charge in [0, 0.05) is 23.7 Å². The fourth-order valence-corrected chi connectivity index (χ4v) is 2.64. The topological polar surface area (TPSA) is 51.2 Å². The summed E-state index contributed by atoms with van der Waals surface area (Å²) in [6.07, 6.45) is 6.64. The molecule has 1 aromatic rings. The maximum absolute atomic E-state index is 11.9. The van der Waals surface area contributed by atoms with Crippen molar-refractivity contribution in [1.82, 2.24) is 4.98 Å². The van der Waals surface area contributed by atoms with E-state index in [9.17, 15) is 4.79 Å². The third-order valence-corrected chi connectivity index (χ3v) is 3.70. The minimum Gasteiger partial charge on any atom is -0.378 e. The van der Waals surface area contributed by atoms with Gasteiger partial charge < -0.3 is 10.1 Å². The molecule has 4 nitrogen and oxygen atoms in total. The fraction of sp³-hybridized carbons (Fsp3) is 0.571. The van der Waals surface area contributed by atoms with Crippen molar-refractivity contribution in [2.24, 2.45) is 0 Å². The van der Waals surface area contributed by atoms with Gasteiger partial charge in [0.2, 0.25) is 5.91 Å². The van der Waals surface area contributed by atoms with E-state index in [1.54, 1.807) is 6.20 Å². The largest absolute Gasteiger partial charge is 0.378 e. The molecule has 0 bridgehead atoms. The number of carbonyl (C=O) groups is 1. The lowest BCUT2D eigenvalue weighted by atomic mass is 10.0. The van der Waals surface area contributed by atoms with Crippen LogP contribution in [0.2, 0.25) is 0 Å². The first kappa shape index (κ1) is 14.5. The highest BCUT2D eigenvalue weighted by Crippen LogP contribution is 2.19. The zero-order valence-electron chi connectivity index (χ0n) is 11.1. The second-order valence-corrected chi connectivity index (χ2v) is 5.81. The van der Waals surface area contributed by atoms with Crippen LogP contribution in [0.5, 0.6) is 0 Å². The molecule has 0 aromatic carbocycles. The first-order valence-electron chi connectivity index (χ1n) is 6.69. The highest BCUT2D eigenvalue weighted by Gasteiger charge is 2.15. The maximum atomic E-state index is 11.9. The van der Waals surface area contributed by atoms with Crippen LogP contribution >= 0.6 is 15.9 Å². The standard InChI is InChI=1S/C14H19BrN2O2/c1-10-8-11(15)9-16-14(10)17-13(18)6-5-12-4-2-3-7-19-12/h8-9,12H,2-7H2,1H3,(H,16,17,18). The summed E-state index contributed by atoms with van der Waals surface area (Å²) in [7, 11) is 0. The molecule has 1 N–H and O–H groups in total. The van der Waals surface area contributed by atoms with E-state index in [-0.39, 0.29) is 12.0 Å². The molecule has 19 heavy (non-hydrogen) atoms. The minimum atomic E-state index is 0.00657. The molecule has 0 aliphatic carbocycles. The number of rotatable bonds is 4. The maximum Gasteiger partial charge on any atom is 0.225 e. The molecule has 2 rings (SSSR count). The van der Waals surface area contributed by atoms with E-state index in [1.807, 2.05) is 13.0 Å². The normalized spacial score (nSPS) is 19.2. The van der Waals surface area contributed by atoms with Crippen LogP contribution in [0.4, 0.5) is 5.82 Å². The molecule has 5 heteroatoms. The third-order valence-electron chi connectivity index (χ3n) is 3.27. The average Bonchev–Trinajstić information content (AvgIpc) is 2.41. The second kappa shape index (κ2) is 7.01. The summed E-state index contributed by atoms with van der Waals surface area (Å²) >= 11 is 3.35. The number of aromatic nitrogens is 1. The van der Waals surface area contributed by atoms with Crippen molar-refractivity contribution in [1.29, 1.82) is 0 Å². The SMILES string of the molecule is Cc1cc(Br)cnc1NC(=O)CCC1CCCCO1. The summed E-state index contributed by atoms with van der Waals surface area (Å²) in [5.41, 5.74) is 0.955. The van der Waals surface area contributed by atoms with Crippen LogP contribution in [0.15, 0.2) is 16.7 Å². The number of halogens is 1. The van der Waals surface area contributed by atoms with Crippen LogP contribution in [0.1, 0.15) is 37.7 Å². The minimum absolute atomic E-state index is 0.00657. The van der Waals surface area contributed by atoms with Crippen LogP contribution < -0.4 is 5.32 Å². The molecule has 2 heterocycles. The smallest absolute Gasteiger partial charge is 0.225 e. The van der Waals surface area contributed by atoms with Gasteiger partial charge in [-0.25, -0.2) is 4.98 Å². The van der Waals surface area contributed by atoms with Gasteiger partial charge in [-0.2, -0.15) is 0 Å². The molecule has 0 radical (unpaired) electrons. The van der Waals surface area contributed by atoms with Crippen LogP contribution in [0.3, 0.4) is 0 Å². The van der Waals surface area contributed by atoms with E-state index in [1.165, 1.54) is 6.42 Å². The number of hydrogen-bond acceptors (Lipinski definition) is 3. The van der Waals surface area contributed by atoms with Crippen molar-refractivity contribution in [2.45, 2.75) is 45.1 Å². The number of pyridine rings is 1. The zero-order chi connectivity index (χ0) is 13.7. The Bertz CT molecular complexity index is 445. The van der Waals surface area contributed by atoms with Gasteiger partial charge in [0.05, 0.1) is 6.10 Å². The van der Waals surface area contributed by atoms with Crippen molar-refractivity contribution >= 4 is 27.7 Å². The number of nitrogens with one attached hydrogen (secondary N) is 1. The molecule has 1 amide bonds. The van der Waals surface area contributed by atoms with Gasteiger partial charge in [-0.15, -0.1) is 0 Å². The van der Waals surface area contributed by atoms with Gasteiger partial charge in [0.25, 0.3) is 0 Å². The lowest BCUT2D eigenvalue weighted by Gasteiger charge is -2.22. The van der Waals surface area contributed by atoms with E-state index >= 15 is 0 Å². The quantitative estimate of drug-likeness (QED) is 0.922. The summed E-state index contributed by atoms with van der Waals surface area (Å²) in [6, 6.07) is 1.94. The lowest BCUT2D eigenvalue weighted by molar-refractivity contribution is -0.117. The van der Waals surface area contributed by atoms with E-state index in [2.05, 4.69) is 26.2 Å². The lowest BCUT2D eigenvalue weighted by Crippen LogP contribution is -2.22. The summed E-state index contributed by atoms with van der Waals surface area (Å²) in [5, 5.41) is 2.85. The number of nitrogens with zero attached hydrogens (tertiary/aromatic N) is 1. The van der Waals surface area contributed by atoms with Gasteiger partial charge in [0.1, 0.15) is 5.82 Å². The fourth-order valence-electron chi connectivity index (χ4n) is 2.19. The molecule has 1 unspecified atom stereocenters. The van der Waals surface area contributed by atoms with Crippen molar-refractivity contribution < 1.29 is 9.53 Å². The molecule has 1 aliphatic heterocycles. The van der Waals surface area contributed by atoms with Crippen molar-refractivity contribution in [3.8, 4) is 0 Å². The van der Waals surface area contributed by atoms with Crippen LogP contribution in [0.25, 0.3) is 0 Å². The predicted molar refractivity (Wildman–Crippen MR) is 78.1 cm³/mol. The van der Waals surface area contributed by atoms with Gasteiger partial charge in [0.15, 0.2) is 0 Å². The van der Waals surface area contributed by atoms with Crippen LogP contribution in [-0.2, 0) is 9.53 Å². The molecule has 0 spiro atoms. The highest BCUT2D eigenvalue weighted by atomic mass is 79.9. The van der Waals surface area contributed by atoms with Gasteiger partial charge >= 0.3 is 0 Å². The van der Waals surface area contributed by atoms with E-state index in [0.717, 1.165) is 35.9 Å². The first-order valence-corrected chi connectivity index (χ1v) is 7.48.